The number of hydrogen-bond donors (Lipinski definition) is 1. The minimum Gasteiger partial charge on any atom is -0.342 e. The molecular formula is C15H28N2O. The molecule has 3 nitrogen and oxygen atoms in total. The largest absolute Gasteiger partial charge is 0.342 e. The molecule has 3 heteroatoms. The molecule has 0 aromatic carbocycles. The van der Waals surface area contributed by atoms with Gasteiger partial charge in [0.25, 0.3) is 0 Å². The zero-order chi connectivity index (χ0) is 12.8. The van der Waals surface area contributed by atoms with E-state index in [2.05, 4.69) is 12.2 Å². The average Bonchev–Trinajstić information content (AvgIpc) is 2.82. The van der Waals surface area contributed by atoms with E-state index in [9.17, 15) is 4.79 Å². The maximum atomic E-state index is 12.0. The molecule has 1 aliphatic heterocycles. The summed E-state index contributed by atoms with van der Waals surface area (Å²) in [6.07, 6.45) is 10.3. The lowest BCUT2D eigenvalue weighted by Crippen LogP contribution is -2.40. The van der Waals surface area contributed by atoms with Crippen LogP contribution >= 0.6 is 0 Å². The molecule has 104 valence electrons. The Balaban J connectivity index is 1.67. The van der Waals surface area contributed by atoms with Crippen molar-refractivity contribution in [2.45, 2.75) is 64.3 Å². The molecule has 2 aliphatic rings. The van der Waals surface area contributed by atoms with Crippen LogP contribution in [0.2, 0.25) is 0 Å². The van der Waals surface area contributed by atoms with Crippen molar-refractivity contribution >= 4 is 5.91 Å². The zero-order valence-electron chi connectivity index (χ0n) is 11.8. The van der Waals surface area contributed by atoms with Gasteiger partial charge in [0.15, 0.2) is 0 Å². The maximum absolute atomic E-state index is 12.0. The molecule has 2 atom stereocenters. The highest BCUT2D eigenvalue weighted by Crippen LogP contribution is 2.25. The number of nitrogens with one attached hydrogen (secondary N) is 1. The van der Waals surface area contributed by atoms with E-state index in [-0.39, 0.29) is 0 Å². The third-order valence-electron chi connectivity index (χ3n) is 4.67. The normalized spacial score (nSPS) is 29.3. The average molecular weight is 252 g/mol. The van der Waals surface area contributed by atoms with Crippen molar-refractivity contribution in [2.24, 2.45) is 5.92 Å². The Morgan fingerprint density at radius 3 is 2.61 bits per heavy atom. The zero-order valence-corrected chi connectivity index (χ0v) is 11.8. The van der Waals surface area contributed by atoms with Crippen LogP contribution in [-0.2, 0) is 4.79 Å². The first kappa shape index (κ1) is 13.9. The van der Waals surface area contributed by atoms with Crippen LogP contribution in [0.25, 0.3) is 0 Å². The second-order valence-electron chi connectivity index (χ2n) is 5.95. The number of rotatable bonds is 4. The molecule has 1 saturated heterocycles. The van der Waals surface area contributed by atoms with Gasteiger partial charge in [-0.3, -0.25) is 4.79 Å². The number of hydrogen-bond acceptors (Lipinski definition) is 2. The van der Waals surface area contributed by atoms with Crippen LogP contribution in [0.3, 0.4) is 0 Å². The molecule has 0 bridgehead atoms. The summed E-state index contributed by atoms with van der Waals surface area (Å²) < 4.78 is 0. The predicted octanol–water partition coefficient (Wildman–Crippen LogP) is 2.56. The van der Waals surface area contributed by atoms with E-state index in [0.717, 1.165) is 19.0 Å². The van der Waals surface area contributed by atoms with E-state index in [4.69, 9.17) is 0 Å². The first-order chi connectivity index (χ1) is 8.79. The fourth-order valence-electron chi connectivity index (χ4n) is 3.30. The molecule has 0 aromatic heterocycles. The number of likely N-dealkylation sites (tertiary alicyclic amines) is 1. The van der Waals surface area contributed by atoms with E-state index in [1.54, 1.807) is 0 Å². The van der Waals surface area contributed by atoms with E-state index < -0.39 is 0 Å². The highest BCUT2D eigenvalue weighted by molar-refractivity contribution is 5.78. The Hall–Kier alpha value is -0.570. The van der Waals surface area contributed by atoms with Gasteiger partial charge < -0.3 is 10.2 Å². The highest BCUT2D eigenvalue weighted by Gasteiger charge is 2.21. The van der Waals surface area contributed by atoms with Crippen molar-refractivity contribution in [3.63, 3.8) is 0 Å². The summed E-state index contributed by atoms with van der Waals surface area (Å²) in [6.45, 7) is 4.81. The summed E-state index contributed by atoms with van der Waals surface area (Å²) in [5.74, 6) is 1.23. The Morgan fingerprint density at radius 1 is 1.11 bits per heavy atom. The molecule has 1 saturated carbocycles. The minimum atomic E-state index is 0.309. The molecule has 1 N–H and O–H groups in total. The van der Waals surface area contributed by atoms with Crippen LogP contribution in [0.15, 0.2) is 0 Å². The van der Waals surface area contributed by atoms with Crippen molar-refractivity contribution < 1.29 is 4.79 Å². The molecule has 2 fully saturated rings. The Bertz CT molecular complexity index is 261. The summed E-state index contributed by atoms with van der Waals surface area (Å²) in [7, 11) is 0. The fraction of sp³-hybridized carbons (Fsp3) is 0.933. The lowest BCUT2D eigenvalue weighted by molar-refractivity contribution is -0.129. The molecule has 0 aromatic rings. The van der Waals surface area contributed by atoms with Gasteiger partial charge in [0.1, 0.15) is 0 Å². The molecule has 0 radical (unpaired) electrons. The van der Waals surface area contributed by atoms with Gasteiger partial charge in [-0.1, -0.05) is 26.2 Å². The monoisotopic (exact) mass is 252 g/mol. The molecule has 18 heavy (non-hydrogen) atoms. The summed E-state index contributed by atoms with van der Waals surface area (Å²) in [5.41, 5.74) is 0. The lowest BCUT2D eigenvalue weighted by atomic mass is 9.98. The van der Waals surface area contributed by atoms with Crippen molar-refractivity contribution in [1.29, 1.82) is 0 Å². The molecule has 1 aliphatic carbocycles. The van der Waals surface area contributed by atoms with Crippen molar-refractivity contribution in [2.75, 3.05) is 19.6 Å². The predicted molar refractivity (Wildman–Crippen MR) is 74.5 cm³/mol. The quantitative estimate of drug-likeness (QED) is 0.780. The van der Waals surface area contributed by atoms with Gasteiger partial charge in [-0.25, -0.2) is 0 Å². The first-order valence-electron chi connectivity index (χ1n) is 7.80. The molecule has 2 unspecified atom stereocenters. The van der Waals surface area contributed by atoms with Gasteiger partial charge in [-0.15, -0.1) is 0 Å². The summed E-state index contributed by atoms with van der Waals surface area (Å²) in [6, 6.07) is 0.577. The van der Waals surface area contributed by atoms with E-state index in [1.807, 2.05) is 4.90 Å². The third kappa shape index (κ3) is 3.98. The molecule has 1 heterocycles. The van der Waals surface area contributed by atoms with Crippen LogP contribution in [0.4, 0.5) is 0 Å². The lowest BCUT2D eigenvalue weighted by Gasteiger charge is -2.20. The van der Waals surface area contributed by atoms with Gasteiger partial charge in [0.05, 0.1) is 6.54 Å². The summed E-state index contributed by atoms with van der Waals surface area (Å²) in [5, 5.41) is 3.49. The van der Waals surface area contributed by atoms with Crippen molar-refractivity contribution in [3.05, 3.63) is 0 Å². The SMILES string of the molecule is CCC1CCCC(NCC(=O)N2CCCC2)CC1. The van der Waals surface area contributed by atoms with Crippen molar-refractivity contribution in [3.8, 4) is 0 Å². The topological polar surface area (TPSA) is 32.3 Å². The Labute approximate surface area is 111 Å². The fourth-order valence-corrected chi connectivity index (χ4v) is 3.30. The smallest absolute Gasteiger partial charge is 0.236 e. The van der Waals surface area contributed by atoms with Crippen LogP contribution in [0.5, 0.6) is 0 Å². The van der Waals surface area contributed by atoms with Crippen LogP contribution < -0.4 is 5.32 Å². The Morgan fingerprint density at radius 2 is 1.89 bits per heavy atom. The second kappa shape index (κ2) is 7.13. The minimum absolute atomic E-state index is 0.309. The molecule has 2 rings (SSSR count). The van der Waals surface area contributed by atoms with Gasteiger partial charge in [-0.2, -0.15) is 0 Å². The molecule has 0 spiro atoms. The van der Waals surface area contributed by atoms with E-state index >= 15 is 0 Å². The van der Waals surface area contributed by atoms with Crippen molar-refractivity contribution in [1.82, 2.24) is 10.2 Å². The van der Waals surface area contributed by atoms with Gasteiger partial charge in [0.2, 0.25) is 5.91 Å². The summed E-state index contributed by atoms with van der Waals surface area (Å²) >= 11 is 0. The number of carbonyl (C=O) groups excluding carboxylic acids is 1. The third-order valence-corrected chi connectivity index (χ3v) is 4.67. The molecule has 1 amide bonds. The first-order valence-corrected chi connectivity index (χ1v) is 7.80. The van der Waals surface area contributed by atoms with Crippen LogP contribution in [0, 0.1) is 5.92 Å². The number of nitrogens with zero attached hydrogens (tertiary/aromatic N) is 1. The van der Waals surface area contributed by atoms with E-state index in [0.29, 0.717) is 18.5 Å². The number of carbonyl (C=O) groups is 1. The van der Waals surface area contributed by atoms with Gasteiger partial charge in [-0.05, 0) is 38.0 Å². The standard InChI is InChI=1S/C15H28N2O/c1-2-13-6-5-7-14(9-8-13)16-12-15(18)17-10-3-4-11-17/h13-14,16H,2-12H2,1H3. The highest BCUT2D eigenvalue weighted by atomic mass is 16.2. The van der Waals surface area contributed by atoms with Gasteiger partial charge >= 0.3 is 0 Å². The Kier molecular flexibility index (Phi) is 5.48. The second-order valence-corrected chi connectivity index (χ2v) is 5.95. The number of amides is 1. The maximum Gasteiger partial charge on any atom is 0.236 e. The van der Waals surface area contributed by atoms with Gasteiger partial charge in [0, 0.05) is 19.1 Å². The van der Waals surface area contributed by atoms with E-state index in [1.165, 1.54) is 51.4 Å². The molecular weight excluding hydrogens is 224 g/mol. The summed E-state index contributed by atoms with van der Waals surface area (Å²) in [4.78, 5) is 14.0. The van der Waals surface area contributed by atoms with Crippen LogP contribution in [0.1, 0.15) is 58.3 Å². The van der Waals surface area contributed by atoms with Crippen LogP contribution in [-0.4, -0.2) is 36.5 Å².